The highest BCUT2D eigenvalue weighted by atomic mass is 16.3. The lowest BCUT2D eigenvalue weighted by Crippen LogP contribution is -2.48. The maximum Gasteiger partial charge on any atom is 0.0991 e. The molecule has 0 saturated carbocycles. The van der Waals surface area contributed by atoms with Gasteiger partial charge in [0, 0.05) is 6.54 Å². The second kappa shape index (κ2) is 2.96. The zero-order valence-corrected chi connectivity index (χ0v) is 6.93. The summed E-state index contributed by atoms with van der Waals surface area (Å²) in [5.74, 6) is 0. The Bertz CT molecular complexity index is 176. The molecular weight excluding hydrogens is 158 g/mol. The van der Waals surface area contributed by atoms with Crippen molar-refractivity contribution < 1.29 is 15.3 Å². The van der Waals surface area contributed by atoms with E-state index in [9.17, 15) is 15.3 Å². The molecule has 2 rings (SSSR count). The van der Waals surface area contributed by atoms with Crippen LogP contribution in [0.3, 0.4) is 0 Å². The summed E-state index contributed by atoms with van der Waals surface area (Å²) in [6.45, 7) is 1.39. The maximum atomic E-state index is 9.55. The summed E-state index contributed by atoms with van der Waals surface area (Å²) in [5.41, 5.74) is 0. The summed E-state index contributed by atoms with van der Waals surface area (Å²) in [6.07, 6.45) is -0.212. The lowest BCUT2D eigenvalue weighted by Gasteiger charge is -2.34. The zero-order chi connectivity index (χ0) is 8.72. The third kappa shape index (κ3) is 1.15. The first-order valence-electron chi connectivity index (χ1n) is 4.48. The molecule has 4 atom stereocenters. The quantitative estimate of drug-likeness (QED) is 0.419. The average Bonchev–Trinajstić information content (AvgIpc) is 2.29. The van der Waals surface area contributed by atoms with Gasteiger partial charge < -0.3 is 15.3 Å². The van der Waals surface area contributed by atoms with E-state index in [0.29, 0.717) is 6.54 Å². The number of nitrogens with zero attached hydrogens (tertiary/aromatic N) is 1. The van der Waals surface area contributed by atoms with Crippen LogP contribution in [-0.2, 0) is 0 Å². The second-order valence-corrected chi connectivity index (χ2v) is 3.75. The molecule has 0 aromatic carbocycles. The minimum atomic E-state index is -0.764. The smallest absolute Gasteiger partial charge is 0.0991 e. The molecule has 0 amide bonds. The van der Waals surface area contributed by atoms with Gasteiger partial charge in [0.15, 0.2) is 0 Å². The van der Waals surface area contributed by atoms with Crippen molar-refractivity contribution >= 4 is 0 Å². The van der Waals surface area contributed by atoms with Crippen LogP contribution in [0.4, 0.5) is 0 Å². The van der Waals surface area contributed by atoms with E-state index in [4.69, 9.17) is 0 Å². The Morgan fingerprint density at radius 3 is 2.50 bits per heavy atom. The van der Waals surface area contributed by atoms with E-state index in [1.165, 1.54) is 0 Å². The fraction of sp³-hybridized carbons (Fsp3) is 1.00. The minimum absolute atomic E-state index is 0.228. The van der Waals surface area contributed by atoms with Gasteiger partial charge in [-0.25, -0.2) is 0 Å². The number of fused-ring (bicyclic) bond motifs is 1. The Morgan fingerprint density at radius 1 is 1.08 bits per heavy atom. The molecule has 4 heteroatoms. The molecule has 12 heavy (non-hydrogen) atoms. The van der Waals surface area contributed by atoms with Crippen LogP contribution in [0.2, 0.25) is 0 Å². The van der Waals surface area contributed by atoms with Crippen LogP contribution in [0.25, 0.3) is 0 Å². The molecule has 0 aromatic rings. The molecule has 2 heterocycles. The Morgan fingerprint density at radius 2 is 1.83 bits per heavy atom. The van der Waals surface area contributed by atoms with Crippen molar-refractivity contribution in [2.24, 2.45) is 0 Å². The van der Waals surface area contributed by atoms with Gasteiger partial charge in [-0.3, -0.25) is 4.90 Å². The monoisotopic (exact) mass is 173 g/mol. The van der Waals surface area contributed by atoms with Crippen LogP contribution in [0.15, 0.2) is 0 Å². The Balaban J connectivity index is 2.12. The van der Waals surface area contributed by atoms with Crippen LogP contribution in [-0.4, -0.2) is 57.7 Å². The van der Waals surface area contributed by atoms with Crippen molar-refractivity contribution in [2.75, 3.05) is 13.1 Å². The number of hydrogen-bond acceptors (Lipinski definition) is 4. The van der Waals surface area contributed by atoms with Crippen LogP contribution < -0.4 is 0 Å². The largest absolute Gasteiger partial charge is 0.391 e. The third-order valence-corrected chi connectivity index (χ3v) is 2.93. The van der Waals surface area contributed by atoms with Crippen LogP contribution in [0.1, 0.15) is 12.8 Å². The van der Waals surface area contributed by atoms with Gasteiger partial charge >= 0.3 is 0 Å². The predicted molar refractivity (Wildman–Crippen MR) is 42.6 cm³/mol. The summed E-state index contributed by atoms with van der Waals surface area (Å²) in [7, 11) is 0. The lowest BCUT2D eigenvalue weighted by molar-refractivity contribution is -0.0282. The molecule has 2 fully saturated rings. The highest BCUT2D eigenvalue weighted by Crippen LogP contribution is 2.27. The molecule has 0 bridgehead atoms. The first-order chi connectivity index (χ1) is 5.70. The van der Waals surface area contributed by atoms with E-state index in [1.54, 1.807) is 0 Å². The van der Waals surface area contributed by atoms with Crippen molar-refractivity contribution in [1.82, 2.24) is 4.90 Å². The molecule has 70 valence electrons. The van der Waals surface area contributed by atoms with Gasteiger partial charge in [-0.15, -0.1) is 0 Å². The minimum Gasteiger partial charge on any atom is -0.391 e. The lowest BCUT2D eigenvalue weighted by atomic mass is 9.97. The third-order valence-electron chi connectivity index (χ3n) is 2.93. The number of aliphatic hydroxyl groups is 3. The molecule has 0 aromatic heterocycles. The molecule has 0 unspecified atom stereocenters. The first kappa shape index (κ1) is 8.44. The summed E-state index contributed by atoms with van der Waals surface area (Å²) in [4.78, 5) is 1.98. The van der Waals surface area contributed by atoms with Gasteiger partial charge in [-0.05, 0) is 19.4 Å². The van der Waals surface area contributed by atoms with E-state index in [2.05, 4.69) is 0 Å². The van der Waals surface area contributed by atoms with Crippen LogP contribution >= 0.6 is 0 Å². The van der Waals surface area contributed by atoms with Gasteiger partial charge in [-0.2, -0.15) is 0 Å². The SMILES string of the molecule is O[C@@H]1[C@@H]2[C@@H](O)CCCN2C[C@H]1O. The van der Waals surface area contributed by atoms with E-state index in [-0.39, 0.29) is 6.04 Å². The molecular formula is C8H15NO3. The molecule has 4 nitrogen and oxygen atoms in total. The molecule has 0 radical (unpaired) electrons. The summed E-state index contributed by atoms with van der Waals surface area (Å²) in [5, 5.41) is 28.4. The zero-order valence-electron chi connectivity index (χ0n) is 6.93. The van der Waals surface area contributed by atoms with Crippen molar-refractivity contribution in [1.29, 1.82) is 0 Å². The van der Waals surface area contributed by atoms with Crippen LogP contribution in [0, 0.1) is 0 Å². The fourth-order valence-corrected chi connectivity index (χ4v) is 2.30. The standard InChI is InChI=1S/C8H15NO3/c10-5-2-1-3-9-4-6(11)8(12)7(5)9/h5-8,10-12H,1-4H2/t5-,6+,7-,8-/m0/s1. The van der Waals surface area contributed by atoms with E-state index >= 15 is 0 Å². The topological polar surface area (TPSA) is 63.9 Å². The number of aliphatic hydroxyl groups excluding tert-OH is 3. The van der Waals surface area contributed by atoms with Crippen molar-refractivity contribution in [3.8, 4) is 0 Å². The van der Waals surface area contributed by atoms with Gasteiger partial charge in [0.25, 0.3) is 0 Å². The summed E-state index contributed by atoms with van der Waals surface area (Å²) >= 11 is 0. The summed E-state index contributed by atoms with van der Waals surface area (Å²) in [6, 6.07) is -0.228. The molecule has 3 N–H and O–H groups in total. The van der Waals surface area contributed by atoms with Crippen molar-refractivity contribution in [3.63, 3.8) is 0 Å². The first-order valence-corrected chi connectivity index (χ1v) is 4.48. The Labute approximate surface area is 71.4 Å². The molecule has 2 aliphatic rings. The highest BCUT2D eigenvalue weighted by molar-refractivity contribution is 4.99. The molecule has 2 aliphatic heterocycles. The van der Waals surface area contributed by atoms with Gasteiger partial charge in [0.05, 0.1) is 24.4 Å². The molecule has 2 saturated heterocycles. The van der Waals surface area contributed by atoms with E-state index < -0.39 is 18.3 Å². The van der Waals surface area contributed by atoms with E-state index in [1.807, 2.05) is 4.90 Å². The van der Waals surface area contributed by atoms with Crippen LogP contribution in [0.5, 0.6) is 0 Å². The number of rotatable bonds is 0. The summed E-state index contributed by atoms with van der Waals surface area (Å²) < 4.78 is 0. The van der Waals surface area contributed by atoms with Crippen molar-refractivity contribution in [3.05, 3.63) is 0 Å². The number of piperidine rings is 1. The Kier molecular flexibility index (Phi) is 2.08. The second-order valence-electron chi connectivity index (χ2n) is 3.75. The number of hydrogen-bond donors (Lipinski definition) is 3. The van der Waals surface area contributed by atoms with Gasteiger partial charge in [0.1, 0.15) is 0 Å². The Hall–Kier alpha value is -0.160. The normalized spacial score (nSPS) is 49.2. The maximum absolute atomic E-state index is 9.55. The fourth-order valence-electron chi connectivity index (χ4n) is 2.30. The molecule has 0 spiro atoms. The highest BCUT2D eigenvalue weighted by Gasteiger charge is 2.45. The van der Waals surface area contributed by atoms with Gasteiger partial charge in [-0.1, -0.05) is 0 Å². The average molecular weight is 173 g/mol. The molecule has 0 aliphatic carbocycles. The van der Waals surface area contributed by atoms with Gasteiger partial charge in [0.2, 0.25) is 0 Å². The van der Waals surface area contributed by atoms with Crippen molar-refractivity contribution in [2.45, 2.75) is 37.2 Å². The van der Waals surface area contributed by atoms with E-state index in [0.717, 1.165) is 19.4 Å². The predicted octanol–water partition coefficient (Wildman–Crippen LogP) is -1.45.